The van der Waals surface area contributed by atoms with E-state index in [0.29, 0.717) is 13.0 Å². The number of aliphatic hydroxyl groups is 1. The van der Waals surface area contributed by atoms with E-state index in [-0.39, 0.29) is 18.6 Å². The summed E-state index contributed by atoms with van der Waals surface area (Å²) in [5.74, 6) is 0.154. The number of hydrogen-bond donors (Lipinski definition) is 1. The number of aryl methyl sites for hydroxylation is 1. The van der Waals surface area contributed by atoms with Gasteiger partial charge in [0.05, 0.1) is 11.0 Å². The summed E-state index contributed by atoms with van der Waals surface area (Å²) >= 11 is 1.52. The molecule has 0 bridgehead atoms. The molecule has 2 heterocycles. The minimum atomic E-state index is 0.154. The number of piperidine rings is 1. The lowest BCUT2D eigenvalue weighted by molar-refractivity contribution is 0.00408. The van der Waals surface area contributed by atoms with E-state index in [4.69, 9.17) is 9.84 Å². The number of carbonyl (C=O) groups is 1. The summed E-state index contributed by atoms with van der Waals surface area (Å²) < 4.78 is 5.67. The van der Waals surface area contributed by atoms with E-state index in [1.165, 1.54) is 11.3 Å². The fraction of sp³-hybridized carbons (Fsp3) is 0.643. The van der Waals surface area contributed by atoms with Gasteiger partial charge >= 0.3 is 0 Å². The molecule has 0 aromatic carbocycles. The smallest absolute Gasteiger partial charge is 0.264 e. The van der Waals surface area contributed by atoms with E-state index in [2.05, 4.69) is 0 Å². The summed E-state index contributed by atoms with van der Waals surface area (Å²) in [7, 11) is 0. The van der Waals surface area contributed by atoms with Crippen molar-refractivity contribution in [2.45, 2.75) is 32.3 Å². The molecule has 0 radical (unpaired) electrons. The van der Waals surface area contributed by atoms with Gasteiger partial charge in [-0.2, -0.15) is 0 Å². The van der Waals surface area contributed by atoms with Crippen LogP contribution < -0.4 is 0 Å². The molecule has 1 N–H and O–H groups in total. The SMILES string of the molecule is Cc1ccsc1C(=O)N1CCC(OCCCO)CC1. The molecule has 1 aromatic heterocycles. The lowest BCUT2D eigenvalue weighted by Crippen LogP contribution is -2.40. The number of nitrogens with zero attached hydrogens (tertiary/aromatic N) is 1. The zero-order valence-electron chi connectivity index (χ0n) is 11.3. The first kappa shape index (κ1) is 14.5. The van der Waals surface area contributed by atoms with E-state index in [9.17, 15) is 4.79 Å². The first-order chi connectivity index (χ1) is 9.22. The van der Waals surface area contributed by atoms with E-state index in [0.717, 1.165) is 36.4 Å². The number of carbonyl (C=O) groups excluding carboxylic acids is 1. The maximum Gasteiger partial charge on any atom is 0.264 e. The fourth-order valence-corrected chi connectivity index (χ4v) is 3.17. The van der Waals surface area contributed by atoms with Crippen molar-refractivity contribution in [2.75, 3.05) is 26.3 Å². The minimum absolute atomic E-state index is 0.154. The summed E-state index contributed by atoms with van der Waals surface area (Å²) in [4.78, 5) is 15.1. The Kier molecular flexibility index (Phi) is 5.36. The van der Waals surface area contributed by atoms with Crippen molar-refractivity contribution in [3.63, 3.8) is 0 Å². The molecule has 0 saturated carbocycles. The summed E-state index contributed by atoms with van der Waals surface area (Å²) in [5, 5.41) is 10.7. The average molecular weight is 283 g/mol. The van der Waals surface area contributed by atoms with Gasteiger partial charge in [-0.3, -0.25) is 4.79 Å². The third-order valence-electron chi connectivity index (χ3n) is 3.44. The zero-order chi connectivity index (χ0) is 13.7. The number of rotatable bonds is 5. The normalized spacial score (nSPS) is 16.8. The van der Waals surface area contributed by atoms with Crippen LogP contribution in [0.1, 0.15) is 34.5 Å². The second kappa shape index (κ2) is 7.03. The topological polar surface area (TPSA) is 49.8 Å². The minimum Gasteiger partial charge on any atom is -0.396 e. The molecule has 0 atom stereocenters. The highest BCUT2D eigenvalue weighted by molar-refractivity contribution is 7.12. The van der Waals surface area contributed by atoms with Crippen LogP contribution in [0, 0.1) is 6.92 Å². The number of hydrogen-bond acceptors (Lipinski definition) is 4. The van der Waals surface area contributed by atoms with Gasteiger partial charge in [0.1, 0.15) is 0 Å². The van der Waals surface area contributed by atoms with Crippen LogP contribution in [-0.2, 0) is 4.74 Å². The maximum atomic E-state index is 12.3. The molecule has 1 saturated heterocycles. The van der Waals surface area contributed by atoms with Gasteiger partial charge in [0.25, 0.3) is 5.91 Å². The number of aliphatic hydroxyl groups excluding tert-OH is 1. The fourth-order valence-electron chi connectivity index (χ4n) is 2.28. The van der Waals surface area contributed by atoms with Crippen molar-refractivity contribution in [3.05, 3.63) is 21.9 Å². The molecule has 1 fully saturated rings. The van der Waals surface area contributed by atoms with Gasteiger partial charge in [-0.25, -0.2) is 0 Å². The largest absolute Gasteiger partial charge is 0.396 e. The van der Waals surface area contributed by atoms with Gasteiger partial charge in [-0.1, -0.05) is 0 Å². The van der Waals surface area contributed by atoms with E-state index in [1.807, 2.05) is 23.3 Å². The lowest BCUT2D eigenvalue weighted by atomic mass is 10.1. The van der Waals surface area contributed by atoms with Crippen molar-refractivity contribution in [3.8, 4) is 0 Å². The van der Waals surface area contributed by atoms with Crippen LogP contribution in [0.25, 0.3) is 0 Å². The summed E-state index contributed by atoms with van der Waals surface area (Å²) in [5.41, 5.74) is 1.07. The van der Waals surface area contributed by atoms with Crippen LogP contribution in [0.3, 0.4) is 0 Å². The highest BCUT2D eigenvalue weighted by Crippen LogP contribution is 2.21. The van der Waals surface area contributed by atoms with Crippen LogP contribution in [-0.4, -0.2) is 48.3 Å². The standard InChI is InChI=1S/C14H21NO3S/c1-11-5-10-19-13(11)14(17)15-6-3-12(4-7-15)18-9-2-8-16/h5,10,12,16H,2-4,6-9H2,1H3. The van der Waals surface area contributed by atoms with Gasteiger partial charge in [-0.15, -0.1) is 11.3 Å². The van der Waals surface area contributed by atoms with Crippen molar-refractivity contribution in [1.29, 1.82) is 0 Å². The molecule has 1 aliphatic rings. The monoisotopic (exact) mass is 283 g/mol. The Bertz CT molecular complexity index is 411. The molecular weight excluding hydrogens is 262 g/mol. The highest BCUT2D eigenvalue weighted by Gasteiger charge is 2.25. The molecule has 19 heavy (non-hydrogen) atoms. The van der Waals surface area contributed by atoms with Gasteiger partial charge in [0, 0.05) is 26.3 Å². The Morgan fingerprint density at radius 2 is 2.26 bits per heavy atom. The third-order valence-corrected chi connectivity index (χ3v) is 4.45. The Labute approximate surface area is 118 Å². The van der Waals surface area contributed by atoms with Gasteiger partial charge in [0.15, 0.2) is 0 Å². The number of amides is 1. The summed E-state index contributed by atoms with van der Waals surface area (Å²) in [6.07, 6.45) is 2.71. The van der Waals surface area contributed by atoms with Crippen LogP contribution in [0.2, 0.25) is 0 Å². The van der Waals surface area contributed by atoms with Crippen molar-refractivity contribution < 1.29 is 14.6 Å². The van der Waals surface area contributed by atoms with E-state index < -0.39 is 0 Å². The molecule has 0 unspecified atom stereocenters. The molecule has 5 heteroatoms. The predicted molar refractivity (Wildman–Crippen MR) is 75.6 cm³/mol. The molecule has 1 amide bonds. The van der Waals surface area contributed by atoms with Crippen LogP contribution >= 0.6 is 11.3 Å². The molecule has 2 rings (SSSR count). The lowest BCUT2D eigenvalue weighted by Gasteiger charge is -2.31. The second-order valence-corrected chi connectivity index (χ2v) is 5.79. The first-order valence-corrected chi connectivity index (χ1v) is 7.66. The van der Waals surface area contributed by atoms with Gasteiger partial charge < -0.3 is 14.7 Å². The maximum absolute atomic E-state index is 12.3. The number of likely N-dealkylation sites (tertiary alicyclic amines) is 1. The quantitative estimate of drug-likeness (QED) is 0.842. The summed E-state index contributed by atoms with van der Waals surface area (Å²) in [6.45, 7) is 4.29. The molecule has 0 aliphatic carbocycles. The molecule has 106 valence electrons. The van der Waals surface area contributed by atoms with Crippen LogP contribution in [0.4, 0.5) is 0 Å². The number of ether oxygens (including phenoxy) is 1. The number of thiophene rings is 1. The Hall–Kier alpha value is -0.910. The van der Waals surface area contributed by atoms with Crippen molar-refractivity contribution in [1.82, 2.24) is 4.90 Å². The van der Waals surface area contributed by atoms with Crippen LogP contribution in [0.15, 0.2) is 11.4 Å². The predicted octanol–water partition coefficient (Wildman–Crippen LogP) is 2.06. The van der Waals surface area contributed by atoms with Crippen molar-refractivity contribution >= 4 is 17.2 Å². The molecule has 4 nitrogen and oxygen atoms in total. The highest BCUT2D eigenvalue weighted by atomic mass is 32.1. The first-order valence-electron chi connectivity index (χ1n) is 6.78. The summed E-state index contributed by atoms with van der Waals surface area (Å²) in [6, 6.07) is 1.99. The molecule has 1 aliphatic heterocycles. The molecule has 1 aromatic rings. The molecular formula is C14H21NO3S. The average Bonchev–Trinajstić information content (AvgIpc) is 2.85. The zero-order valence-corrected chi connectivity index (χ0v) is 12.1. The second-order valence-electron chi connectivity index (χ2n) is 4.87. The Morgan fingerprint density at radius 3 is 2.84 bits per heavy atom. The Morgan fingerprint density at radius 1 is 1.53 bits per heavy atom. The Balaban J connectivity index is 1.80. The van der Waals surface area contributed by atoms with Gasteiger partial charge in [0.2, 0.25) is 0 Å². The molecule has 0 spiro atoms. The van der Waals surface area contributed by atoms with Crippen LogP contribution in [0.5, 0.6) is 0 Å². The van der Waals surface area contributed by atoms with E-state index >= 15 is 0 Å². The van der Waals surface area contributed by atoms with Crippen molar-refractivity contribution in [2.24, 2.45) is 0 Å². The van der Waals surface area contributed by atoms with E-state index in [1.54, 1.807) is 0 Å². The third kappa shape index (κ3) is 3.78. The van der Waals surface area contributed by atoms with Gasteiger partial charge in [-0.05, 0) is 43.2 Å².